The van der Waals surface area contributed by atoms with Crippen molar-refractivity contribution in [2.75, 3.05) is 16.8 Å². The van der Waals surface area contributed by atoms with E-state index >= 15 is 0 Å². The van der Waals surface area contributed by atoms with Crippen LogP contribution in [-0.2, 0) is 16.0 Å². The van der Waals surface area contributed by atoms with Crippen molar-refractivity contribution < 1.29 is 14.3 Å². The highest BCUT2D eigenvalue weighted by Gasteiger charge is 2.32. The summed E-state index contributed by atoms with van der Waals surface area (Å²) in [6.07, 6.45) is 0.161. The summed E-state index contributed by atoms with van der Waals surface area (Å²) in [7, 11) is 0. The Morgan fingerprint density at radius 3 is 2.06 bits per heavy atom. The van der Waals surface area contributed by atoms with Crippen LogP contribution in [0.15, 0.2) is 109 Å². The second-order valence-electron chi connectivity index (χ2n) is 8.91. The zero-order valence-corrected chi connectivity index (χ0v) is 20.1. The SMILES string of the molecule is CC1Oc2ccc(NC(=O)C(c3ccccc3)c3ccccc3)cc2N(CCc2ccccc2)C1=O. The van der Waals surface area contributed by atoms with Gasteiger partial charge in [0.1, 0.15) is 5.75 Å². The van der Waals surface area contributed by atoms with E-state index in [0.717, 1.165) is 23.1 Å². The van der Waals surface area contributed by atoms with Crippen LogP contribution in [0.3, 0.4) is 0 Å². The van der Waals surface area contributed by atoms with Crippen molar-refractivity contribution in [3.8, 4) is 5.75 Å². The summed E-state index contributed by atoms with van der Waals surface area (Å²) in [5.74, 6) is -0.0562. The van der Waals surface area contributed by atoms with Crippen LogP contribution in [0.4, 0.5) is 11.4 Å². The lowest BCUT2D eigenvalue weighted by atomic mass is 9.90. The number of benzene rings is 4. The lowest BCUT2D eigenvalue weighted by Gasteiger charge is -2.33. The highest BCUT2D eigenvalue weighted by Crippen LogP contribution is 2.37. The molecule has 4 aromatic rings. The maximum Gasteiger partial charge on any atom is 0.267 e. The fourth-order valence-electron chi connectivity index (χ4n) is 4.60. The van der Waals surface area contributed by atoms with E-state index in [1.807, 2.05) is 97.1 Å². The first-order valence-corrected chi connectivity index (χ1v) is 12.2. The molecule has 36 heavy (non-hydrogen) atoms. The highest BCUT2D eigenvalue weighted by atomic mass is 16.5. The molecule has 1 N–H and O–H groups in total. The van der Waals surface area contributed by atoms with Gasteiger partial charge in [0.2, 0.25) is 5.91 Å². The molecule has 180 valence electrons. The minimum atomic E-state index is -0.561. The molecule has 1 heterocycles. The van der Waals surface area contributed by atoms with Gasteiger partial charge in [0.15, 0.2) is 6.10 Å². The molecule has 0 aromatic heterocycles. The standard InChI is InChI=1S/C31H28N2O3/c1-22-31(35)33(20-19-23-11-5-2-6-12-23)27-21-26(17-18-28(27)36-22)32-30(34)29(24-13-7-3-8-14-24)25-15-9-4-10-16-25/h2-18,21-22,29H,19-20H2,1H3,(H,32,34). The van der Waals surface area contributed by atoms with E-state index in [1.165, 1.54) is 0 Å². The van der Waals surface area contributed by atoms with E-state index in [4.69, 9.17) is 4.74 Å². The Hall–Kier alpha value is -4.38. The molecular weight excluding hydrogens is 448 g/mol. The number of ether oxygens (including phenoxy) is 1. The van der Waals surface area contributed by atoms with Gasteiger partial charge in [0.05, 0.1) is 11.6 Å². The summed E-state index contributed by atoms with van der Waals surface area (Å²) in [6, 6.07) is 35.0. The van der Waals surface area contributed by atoms with Crippen molar-refractivity contribution >= 4 is 23.2 Å². The fraction of sp³-hybridized carbons (Fsp3) is 0.161. The number of hydrogen-bond acceptors (Lipinski definition) is 3. The average molecular weight is 477 g/mol. The lowest BCUT2D eigenvalue weighted by molar-refractivity contribution is -0.125. The Bertz CT molecular complexity index is 1300. The molecule has 0 saturated heterocycles. The van der Waals surface area contributed by atoms with E-state index in [0.29, 0.717) is 23.7 Å². The van der Waals surface area contributed by atoms with Crippen LogP contribution in [0.25, 0.3) is 0 Å². The Balaban J connectivity index is 1.42. The number of hydrogen-bond donors (Lipinski definition) is 1. The number of rotatable bonds is 7. The van der Waals surface area contributed by atoms with Gasteiger partial charge in [-0.25, -0.2) is 0 Å². The second kappa shape index (κ2) is 10.5. The monoisotopic (exact) mass is 476 g/mol. The zero-order chi connectivity index (χ0) is 24.9. The van der Waals surface area contributed by atoms with E-state index in [-0.39, 0.29) is 11.8 Å². The minimum Gasteiger partial charge on any atom is -0.479 e. The first-order chi connectivity index (χ1) is 17.6. The van der Waals surface area contributed by atoms with Crippen molar-refractivity contribution in [3.05, 3.63) is 126 Å². The number of nitrogens with zero attached hydrogens (tertiary/aromatic N) is 1. The van der Waals surface area contributed by atoms with Gasteiger partial charge in [-0.3, -0.25) is 9.59 Å². The molecule has 1 aliphatic heterocycles. The van der Waals surface area contributed by atoms with Crippen molar-refractivity contribution in [2.24, 2.45) is 0 Å². The molecule has 0 fully saturated rings. The quantitative estimate of drug-likeness (QED) is 0.366. The third-order valence-corrected chi connectivity index (χ3v) is 6.43. The van der Waals surface area contributed by atoms with Crippen molar-refractivity contribution in [3.63, 3.8) is 0 Å². The lowest BCUT2D eigenvalue weighted by Crippen LogP contribution is -2.45. The van der Waals surface area contributed by atoms with Crippen LogP contribution in [0.5, 0.6) is 5.75 Å². The van der Waals surface area contributed by atoms with Crippen LogP contribution in [-0.4, -0.2) is 24.5 Å². The summed E-state index contributed by atoms with van der Waals surface area (Å²) in [4.78, 5) is 28.4. The van der Waals surface area contributed by atoms with Crippen molar-refractivity contribution in [2.45, 2.75) is 25.4 Å². The highest BCUT2D eigenvalue weighted by molar-refractivity contribution is 6.02. The molecule has 0 saturated carbocycles. The Labute approximate surface area is 211 Å². The fourth-order valence-corrected chi connectivity index (χ4v) is 4.60. The largest absolute Gasteiger partial charge is 0.479 e. The average Bonchev–Trinajstić information content (AvgIpc) is 2.91. The molecule has 0 radical (unpaired) electrons. The number of amides is 2. The topological polar surface area (TPSA) is 58.6 Å². The molecule has 1 atom stereocenters. The van der Waals surface area contributed by atoms with Gasteiger partial charge in [0.25, 0.3) is 5.91 Å². The molecular formula is C31H28N2O3. The van der Waals surface area contributed by atoms with Crippen LogP contribution in [0.1, 0.15) is 29.5 Å². The first kappa shape index (κ1) is 23.4. The molecule has 0 bridgehead atoms. The zero-order valence-electron chi connectivity index (χ0n) is 20.1. The number of fused-ring (bicyclic) bond motifs is 1. The van der Waals surface area contributed by atoms with Gasteiger partial charge in [0, 0.05) is 12.2 Å². The number of nitrogens with one attached hydrogen (secondary N) is 1. The Morgan fingerprint density at radius 1 is 0.861 bits per heavy atom. The number of carbonyl (C=O) groups excluding carboxylic acids is 2. The van der Waals surface area contributed by atoms with Crippen LogP contribution in [0.2, 0.25) is 0 Å². The van der Waals surface area contributed by atoms with E-state index in [2.05, 4.69) is 17.4 Å². The van der Waals surface area contributed by atoms with Crippen LogP contribution in [0, 0.1) is 0 Å². The summed E-state index contributed by atoms with van der Waals surface area (Å²) in [5.41, 5.74) is 4.27. The number of anilines is 2. The van der Waals surface area contributed by atoms with Gasteiger partial charge >= 0.3 is 0 Å². The normalized spacial score (nSPS) is 14.8. The molecule has 5 nitrogen and oxygen atoms in total. The Morgan fingerprint density at radius 2 is 1.44 bits per heavy atom. The molecule has 5 heteroatoms. The molecule has 5 rings (SSSR count). The maximum absolute atomic E-state index is 13.6. The predicted molar refractivity (Wildman–Crippen MR) is 142 cm³/mol. The van der Waals surface area contributed by atoms with Crippen LogP contribution >= 0.6 is 0 Å². The van der Waals surface area contributed by atoms with Crippen LogP contribution < -0.4 is 15.0 Å². The summed E-state index contributed by atoms with van der Waals surface area (Å²) in [6.45, 7) is 2.29. The predicted octanol–water partition coefficient (Wildman–Crippen LogP) is 5.81. The second-order valence-corrected chi connectivity index (χ2v) is 8.91. The van der Waals surface area contributed by atoms with Gasteiger partial charge in [-0.2, -0.15) is 0 Å². The van der Waals surface area contributed by atoms with E-state index < -0.39 is 12.0 Å². The summed E-state index contributed by atoms with van der Waals surface area (Å²) < 4.78 is 5.87. The van der Waals surface area contributed by atoms with Gasteiger partial charge in [-0.15, -0.1) is 0 Å². The van der Waals surface area contributed by atoms with Gasteiger partial charge in [-0.05, 0) is 48.2 Å². The first-order valence-electron chi connectivity index (χ1n) is 12.2. The van der Waals surface area contributed by atoms with Crippen molar-refractivity contribution in [1.29, 1.82) is 0 Å². The van der Waals surface area contributed by atoms with Gasteiger partial charge in [-0.1, -0.05) is 91.0 Å². The molecule has 1 aliphatic rings. The van der Waals surface area contributed by atoms with E-state index in [9.17, 15) is 9.59 Å². The smallest absolute Gasteiger partial charge is 0.267 e. The molecule has 0 aliphatic carbocycles. The molecule has 4 aromatic carbocycles. The van der Waals surface area contributed by atoms with Crippen molar-refractivity contribution in [1.82, 2.24) is 0 Å². The van der Waals surface area contributed by atoms with E-state index in [1.54, 1.807) is 11.8 Å². The minimum absolute atomic E-state index is 0.0895. The molecule has 2 amide bonds. The summed E-state index contributed by atoms with van der Waals surface area (Å²) in [5, 5.41) is 3.08. The number of carbonyl (C=O) groups is 2. The summed E-state index contributed by atoms with van der Waals surface area (Å²) >= 11 is 0. The molecule has 0 spiro atoms. The molecule has 1 unspecified atom stereocenters. The third kappa shape index (κ3) is 5.01. The van der Waals surface area contributed by atoms with Gasteiger partial charge < -0.3 is 15.0 Å². The maximum atomic E-state index is 13.6. The third-order valence-electron chi connectivity index (χ3n) is 6.43. The Kier molecular flexibility index (Phi) is 6.80.